The third-order valence-electron chi connectivity index (χ3n) is 5.64. The summed E-state index contributed by atoms with van der Waals surface area (Å²) in [6.45, 7) is 2.64. The van der Waals surface area contributed by atoms with E-state index in [4.69, 9.17) is 0 Å². The predicted molar refractivity (Wildman–Crippen MR) is 126 cm³/mol. The number of amides is 1. The van der Waals surface area contributed by atoms with Crippen molar-refractivity contribution in [3.05, 3.63) is 59.2 Å². The zero-order chi connectivity index (χ0) is 22.2. The van der Waals surface area contributed by atoms with E-state index in [9.17, 15) is 13.2 Å². The van der Waals surface area contributed by atoms with Crippen molar-refractivity contribution in [3.8, 4) is 0 Å². The molecule has 4 rings (SSSR count). The Morgan fingerprint density at radius 3 is 2.58 bits per heavy atom. The number of thioether (sulfide) groups is 1. The van der Waals surface area contributed by atoms with Crippen LogP contribution in [0.1, 0.15) is 41.3 Å². The number of nitrogens with zero attached hydrogens (tertiary/aromatic N) is 3. The van der Waals surface area contributed by atoms with Crippen LogP contribution in [-0.4, -0.2) is 54.6 Å². The molecule has 2 aromatic carbocycles. The van der Waals surface area contributed by atoms with Gasteiger partial charge in [0.05, 0.1) is 10.6 Å². The number of carbonyl (C=O) groups excluding carboxylic acids is 1. The van der Waals surface area contributed by atoms with Crippen molar-refractivity contribution in [2.24, 2.45) is 4.99 Å². The smallest absolute Gasteiger partial charge is 0.259 e. The Bertz CT molecular complexity index is 1140. The first-order chi connectivity index (χ1) is 14.8. The molecule has 2 aromatic rings. The summed E-state index contributed by atoms with van der Waals surface area (Å²) in [5, 5.41) is 0.823. The molecule has 2 aliphatic rings. The number of amidine groups is 1. The number of rotatable bonds is 4. The molecule has 1 aliphatic carbocycles. The molecular formula is C23H27N3O3S2. The summed E-state index contributed by atoms with van der Waals surface area (Å²) in [6.07, 6.45) is 4.48. The fourth-order valence-electron chi connectivity index (χ4n) is 3.93. The number of carbonyl (C=O) groups is 1. The van der Waals surface area contributed by atoms with E-state index in [1.54, 1.807) is 29.2 Å². The molecule has 1 atom stereocenters. The molecule has 6 nitrogen and oxygen atoms in total. The lowest BCUT2D eigenvalue weighted by atomic mass is 9.90. The lowest BCUT2D eigenvalue weighted by Gasteiger charge is -2.20. The quantitative estimate of drug-likeness (QED) is 0.694. The highest BCUT2D eigenvalue weighted by Crippen LogP contribution is 2.31. The highest BCUT2D eigenvalue weighted by molar-refractivity contribution is 8.14. The van der Waals surface area contributed by atoms with Crippen LogP contribution in [0, 0.1) is 0 Å². The summed E-state index contributed by atoms with van der Waals surface area (Å²) < 4.78 is 26.1. The van der Waals surface area contributed by atoms with Crippen molar-refractivity contribution in [1.29, 1.82) is 0 Å². The Balaban J connectivity index is 1.64. The van der Waals surface area contributed by atoms with E-state index in [2.05, 4.69) is 18.0 Å². The summed E-state index contributed by atoms with van der Waals surface area (Å²) in [5.41, 5.74) is 3.83. The van der Waals surface area contributed by atoms with Gasteiger partial charge in [-0.1, -0.05) is 30.8 Å². The second kappa shape index (κ2) is 8.76. The maximum Gasteiger partial charge on any atom is 0.259 e. The van der Waals surface area contributed by atoms with Gasteiger partial charge in [-0.2, -0.15) is 0 Å². The van der Waals surface area contributed by atoms with Gasteiger partial charge in [-0.15, -0.1) is 0 Å². The van der Waals surface area contributed by atoms with Crippen molar-refractivity contribution in [1.82, 2.24) is 9.21 Å². The van der Waals surface area contributed by atoms with Crippen LogP contribution in [0.5, 0.6) is 0 Å². The second-order valence-corrected chi connectivity index (χ2v) is 11.8. The van der Waals surface area contributed by atoms with E-state index >= 15 is 0 Å². The molecule has 1 aliphatic heterocycles. The molecule has 1 amide bonds. The molecule has 0 bridgehead atoms. The average Bonchev–Trinajstić information content (AvgIpc) is 3.12. The predicted octanol–water partition coefficient (Wildman–Crippen LogP) is 4.08. The number of hydrogen-bond donors (Lipinski definition) is 0. The van der Waals surface area contributed by atoms with E-state index in [1.165, 1.54) is 54.1 Å². The van der Waals surface area contributed by atoms with Crippen LogP contribution < -0.4 is 0 Å². The summed E-state index contributed by atoms with van der Waals surface area (Å²) in [7, 11) is -0.546. The Morgan fingerprint density at radius 1 is 1.10 bits per heavy atom. The van der Waals surface area contributed by atoms with Gasteiger partial charge in [-0.3, -0.25) is 9.69 Å². The van der Waals surface area contributed by atoms with Crippen molar-refractivity contribution in [2.75, 3.05) is 20.6 Å². The molecule has 1 heterocycles. The van der Waals surface area contributed by atoms with Gasteiger partial charge in [0.25, 0.3) is 5.91 Å². The Kier molecular flexibility index (Phi) is 6.23. The van der Waals surface area contributed by atoms with Crippen LogP contribution in [0.4, 0.5) is 5.69 Å². The standard InChI is InChI=1S/C23H27N3O3S2/c1-16-15-26(22(27)19-12-11-17-7-4-5-8-18(17)13-19)23(30-16)24-20-9-6-10-21(14-20)31(28,29)25(2)3/h6,9-14,16H,4-5,7-8,15H2,1-3H3/t16-/m0/s1. The van der Waals surface area contributed by atoms with Gasteiger partial charge in [0.15, 0.2) is 5.17 Å². The van der Waals surface area contributed by atoms with Crippen molar-refractivity contribution >= 4 is 38.5 Å². The lowest BCUT2D eigenvalue weighted by Crippen LogP contribution is -2.32. The fraction of sp³-hybridized carbons (Fsp3) is 0.391. The minimum atomic E-state index is -3.55. The summed E-state index contributed by atoms with van der Waals surface area (Å²) >= 11 is 1.54. The molecular weight excluding hydrogens is 430 g/mol. The van der Waals surface area contributed by atoms with Crippen LogP contribution in [0.2, 0.25) is 0 Å². The van der Waals surface area contributed by atoms with Crippen LogP contribution in [-0.2, 0) is 22.9 Å². The molecule has 0 unspecified atom stereocenters. The van der Waals surface area contributed by atoms with Crippen LogP contribution in [0.15, 0.2) is 52.4 Å². The number of sulfonamides is 1. The molecule has 164 valence electrons. The van der Waals surface area contributed by atoms with Gasteiger partial charge in [-0.25, -0.2) is 17.7 Å². The molecule has 0 N–H and O–H groups in total. The molecule has 8 heteroatoms. The van der Waals surface area contributed by atoms with Gasteiger partial charge >= 0.3 is 0 Å². The normalized spacial score (nSPS) is 20.3. The van der Waals surface area contributed by atoms with E-state index in [0.717, 1.165) is 12.8 Å². The van der Waals surface area contributed by atoms with E-state index in [0.29, 0.717) is 23.0 Å². The summed E-state index contributed by atoms with van der Waals surface area (Å²) in [5.74, 6) is -0.0546. The topological polar surface area (TPSA) is 70.0 Å². The van der Waals surface area contributed by atoms with Crippen molar-refractivity contribution < 1.29 is 13.2 Å². The molecule has 1 fully saturated rings. The minimum absolute atomic E-state index is 0.0546. The zero-order valence-electron chi connectivity index (χ0n) is 18.0. The third kappa shape index (κ3) is 4.56. The maximum atomic E-state index is 13.3. The Hall–Kier alpha value is -2.16. The largest absolute Gasteiger partial charge is 0.286 e. The SMILES string of the molecule is C[C@H]1CN(C(=O)c2ccc3c(c2)CCCC3)C(=Nc2cccc(S(=O)(=O)N(C)C)c2)S1. The molecule has 0 aromatic heterocycles. The number of aryl methyl sites for hydroxylation is 2. The van der Waals surface area contributed by atoms with E-state index < -0.39 is 10.0 Å². The fourth-order valence-corrected chi connectivity index (χ4v) is 5.90. The van der Waals surface area contributed by atoms with Crippen LogP contribution >= 0.6 is 11.8 Å². The monoisotopic (exact) mass is 457 g/mol. The van der Waals surface area contributed by atoms with Crippen molar-refractivity contribution in [3.63, 3.8) is 0 Å². The van der Waals surface area contributed by atoms with Gasteiger partial charge < -0.3 is 0 Å². The molecule has 0 saturated carbocycles. The molecule has 0 spiro atoms. The van der Waals surface area contributed by atoms with Crippen LogP contribution in [0.3, 0.4) is 0 Å². The zero-order valence-corrected chi connectivity index (χ0v) is 19.7. The molecule has 1 saturated heterocycles. The maximum absolute atomic E-state index is 13.3. The first-order valence-corrected chi connectivity index (χ1v) is 12.8. The minimum Gasteiger partial charge on any atom is -0.286 e. The average molecular weight is 458 g/mol. The lowest BCUT2D eigenvalue weighted by molar-refractivity contribution is 0.0855. The number of hydrogen-bond acceptors (Lipinski definition) is 5. The van der Waals surface area contributed by atoms with Gasteiger partial charge in [0.1, 0.15) is 0 Å². The number of benzene rings is 2. The van der Waals surface area contributed by atoms with Crippen molar-refractivity contribution in [2.45, 2.75) is 42.8 Å². The number of aliphatic imine (C=N–C) groups is 1. The van der Waals surface area contributed by atoms with E-state index in [1.807, 2.05) is 12.1 Å². The first kappa shape index (κ1) is 22.0. The first-order valence-electron chi connectivity index (χ1n) is 10.5. The summed E-state index contributed by atoms with van der Waals surface area (Å²) in [4.78, 5) is 19.9. The van der Waals surface area contributed by atoms with Gasteiger partial charge in [-0.05, 0) is 67.1 Å². The number of fused-ring (bicyclic) bond motifs is 1. The van der Waals surface area contributed by atoms with E-state index in [-0.39, 0.29) is 16.1 Å². The Labute approximate surface area is 188 Å². The molecule has 0 radical (unpaired) electrons. The molecule has 31 heavy (non-hydrogen) atoms. The van der Waals surface area contributed by atoms with Gasteiger partial charge in [0, 0.05) is 31.5 Å². The third-order valence-corrected chi connectivity index (χ3v) is 8.52. The highest BCUT2D eigenvalue weighted by atomic mass is 32.2. The Morgan fingerprint density at radius 2 is 1.84 bits per heavy atom. The van der Waals surface area contributed by atoms with Gasteiger partial charge in [0.2, 0.25) is 10.0 Å². The summed E-state index contributed by atoms with van der Waals surface area (Å²) in [6, 6.07) is 12.6. The second-order valence-electron chi connectivity index (χ2n) is 8.21. The van der Waals surface area contributed by atoms with Crippen LogP contribution in [0.25, 0.3) is 0 Å². The highest BCUT2D eigenvalue weighted by Gasteiger charge is 2.32.